The number of aromatic nitrogens is 3. The van der Waals surface area contributed by atoms with E-state index < -0.39 is 0 Å². The standard InChI is InChI=1S/C15H19FN4O/c1-11(2)14(10-20-8-7-17-19-20)18-15(21)9-12-3-5-13(16)6-4-12/h3-8,11,14H,9-10H2,1-2H3,(H,18,21). The molecule has 1 amide bonds. The smallest absolute Gasteiger partial charge is 0.224 e. The van der Waals surface area contributed by atoms with Crippen LogP contribution < -0.4 is 5.32 Å². The Morgan fingerprint density at radius 1 is 1.33 bits per heavy atom. The zero-order valence-electron chi connectivity index (χ0n) is 12.2. The summed E-state index contributed by atoms with van der Waals surface area (Å²) < 4.78 is 14.5. The van der Waals surface area contributed by atoms with Gasteiger partial charge in [-0.3, -0.25) is 9.48 Å². The van der Waals surface area contributed by atoms with Crippen LogP contribution in [0.25, 0.3) is 0 Å². The lowest BCUT2D eigenvalue weighted by Gasteiger charge is -2.22. The largest absolute Gasteiger partial charge is 0.351 e. The second kappa shape index (κ2) is 6.97. The van der Waals surface area contributed by atoms with Gasteiger partial charge in [0.1, 0.15) is 5.82 Å². The summed E-state index contributed by atoms with van der Waals surface area (Å²) in [6, 6.07) is 5.93. The molecule has 0 saturated heterocycles. The normalized spacial score (nSPS) is 12.4. The lowest BCUT2D eigenvalue weighted by atomic mass is 10.0. The highest BCUT2D eigenvalue weighted by molar-refractivity contribution is 5.78. The van der Waals surface area contributed by atoms with Crippen molar-refractivity contribution in [2.24, 2.45) is 5.92 Å². The van der Waals surface area contributed by atoms with Crippen molar-refractivity contribution in [1.82, 2.24) is 20.3 Å². The first-order chi connectivity index (χ1) is 10.0. The fraction of sp³-hybridized carbons (Fsp3) is 0.400. The second-order valence-corrected chi connectivity index (χ2v) is 5.35. The number of nitrogens with one attached hydrogen (secondary N) is 1. The highest BCUT2D eigenvalue weighted by Gasteiger charge is 2.17. The minimum Gasteiger partial charge on any atom is -0.351 e. The molecule has 0 aliphatic rings. The van der Waals surface area contributed by atoms with Gasteiger partial charge in [0.25, 0.3) is 0 Å². The molecule has 1 unspecified atom stereocenters. The van der Waals surface area contributed by atoms with Gasteiger partial charge in [-0.15, -0.1) is 5.10 Å². The molecule has 2 rings (SSSR count). The molecule has 0 aliphatic carbocycles. The van der Waals surface area contributed by atoms with Gasteiger partial charge in [-0.1, -0.05) is 31.2 Å². The minimum atomic E-state index is -0.301. The second-order valence-electron chi connectivity index (χ2n) is 5.35. The van der Waals surface area contributed by atoms with E-state index in [0.717, 1.165) is 5.56 Å². The molecule has 112 valence electrons. The SMILES string of the molecule is CC(C)C(Cn1ccnn1)NC(=O)Cc1ccc(F)cc1. The Morgan fingerprint density at radius 3 is 2.62 bits per heavy atom. The Kier molecular flexibility index (Phi) is 5.03. The van der Waals surface area contributed by atoms with E-state index in [1.807, 2.05) is 13.8 Å². The van der Waals surface area contributed by atoms with Gasteiger partial charge in [-0.05, 0) is 23.6 Å². The van der Waals surface area contributed by atoms with E-state index in [0.29, 0.717) is 6.54 Å². The first-order valence-electron chi connectivity index (χ1n) is 6.92. The van der Waals surface area contributed by atoms with Crippen LogP contribution in [0.2, 0.25) is 0 Å². The third kappa shape index (κ3) is 4.66. The number of rotatable bonds is 6. The maximum atomic E-state index is 12.8. The van der Waals surface area contributed by atoms with Crippen molar-refractivity contribution in [2.75, 3.05) is 0 Å². The molecule has 1 aromatic heterocycles. The number of hydrogen-bond acceptors (Lipinski definition) is 3. The topological polar surface area (TPSA) is 59.8 Å². The van der Waals surface area contributed by atoms with Gasteiger partial charge in [-0.25, -0.2) is 4.39 Å². The highest BCUT2D eigenvalue weighted by atomic mass is 19.1. The third-order valence-corrected chi connectivity index (χ3v) is 3.28. The lowest BCUT2D eigenvalue weighted by Crippen LogP contribution is -2.42. The Hall–Kier alpha value is -2.24. The fourth-order valence-electron chi connectivity index (χ4n) is 2.00. The predicted octanol–water partition coefficient (Wildman–Crippen LogP) is 1.80. The van der Waals surface area contributed by atoms with Crippen LogP contribution in [0.5, 0.6) is 0 Å². The minimum absolute atomic E-state index is 0.0281. The number of nitrogens with zero attached hydrogens (tertiary/aromatic N) is 3. The maximum Gasteiger partial charge on any atom is 0.224 e. The fourth-order valence-corrected chi connectivity index (χ4v) is 2.00. The first kappa shape index (κ1) is 15.2. The number of hydrogen-bond donors (Lipinski definition) is 1. The van der Waals surface area contributed by atoms with Crippen LogP contribution in [0.1, 0.15) is 19.4 Å². The number of amides is 1. The van der Waals surface area contributed by atoms with E-state index in [1.165, 1.54) is 12.1 Å². The summed E-state index contributed by atoms with van der Waals surface area (Å²) >= 11 is 0. The number of carbonyl (C=O) groups excluding carboxylic acids is 1. The van der Waals surface area contributed by atoms with Gasteiger partial charge >= 0.3 is 0 Å². The molecule has 2 aromatic rings. The van der Waals surface area contributed by atoms with E-state index in [2.05, 4.69) is 15.6 Å². The molecule has 5 nitrogen and oxygen atoms in total. The molecule has 0 fully saturated rings. The third-order valence-electron chi connectivity index (χ3n) is 3.28. The van der Waals surface area contributed by atoms with E-state index in [-0.39, 0.29) is 30.1 Å². The molecular weight excluding hydrogens is 271 g/mol. The van der Waals surface area contributed by atoms with Crippen LogP contribution >= 0.6 is 0 Å². The van der Waals surface area contributed by atoms with Crippen molar-refractivity contribution in [3.8, 4) is 0 Å². The van der Waals surface area contributed by atoms with E-state index in [9.17, 15) is 9.18 Å². The summed E-state index contributed by atoms with van der Waals surface area (Å²) in [6.07, 6.45) is 3.61. The number of carbonyl (C=O) groups is 1. The molecule has 0 radical (unpaired) electrons. The van der Waals surface area contributed by atoms with Gasteiger partial charge in [-0.2, -0.15) is 0 Å². The van der Waals surface area contributed by atoms with Gasteiger partial charge in [0.2, 0.25) is 5.91 Å². The van der Waals surface area contributed by atoms with Crippen molar-refractivity contribution in [1.29, 1.82) is 0 Å². The Bertz CT molecular complexity index is 566. The molecule has 0 saturated carbocycles. The molecular formula is C15H19FN4O. The van der Waals surface area contributed by atoms with Crippen molar-refractivity contribution in [3.05, 3.63) is 48.0 Å². The predicted molar refractivity (Wildman–Crippen MR) is 76.9 cm³/mol. The zero-order chi connectivity index (χ0) is 15.2. The Balaban J connectivity index is 1.93. The lowest BCUT2D eigenvalue weighted by molar-refractivity contribution is -0.121. The van der Waals surface area contributed by atoms with Crippen LogP contribution in [0, 0.1) is 11.7 Å². The van der Waals surface area contributed by atoms with Gasteiger partial charge in [0, 0.05) is 6.20 Å². The van der Waals surface area contributed by atoms with Crippen LogP contribution in [0.3, 0.4) is 0 Å². The summed E-state index contributed by atoms with van der Waals surface area (Å²) in [5, 5.41) is 10.7. The van der Waals surface area contributed by atoms with Crippen molar-refractivity contribution in [2.45, 2.75) is 32.9 Å². The average Bonchev–Trinajstić information content (AvgIpc) is 2.93. The molecule has 1 atom stereocenters. The zero-order valence-corrected chi connectivity index (χ0v) is 12.2. The van der Waals surface area contributed by atoms with E-state index >= 15 is 0 Å². The Labute approximate surface area is 123 Å². The van der Waals surface area contributed by atoms with E-state index in [4.69, 9.17) is 0 Å². The van der Waals surface area contributed by atoms with Crippen molar-refractivity contribution >= 4 is 5.91 Å². The summed E-state index contributed by atoms with van der Waals surface area (Å²) in [5.41, 5.74) is 0.789. The van der Waals surface area contributed by atoms with Crippen molar-refractivity contribution < 1.29 is 9.18 Å². The average molecular weight is 290 g/mol. The molecule has 0 spiro atoms. The quantitative estimate of drug-likeness (QED) is 0.882. The van der Waals surface area contributed by atoms with Crippen LogP contribution in [0.4, 0.5) is 4.39 Å². The molecule has 1 aromatic carbocycles. The van der Waals surface area contributed by atoms with Gasteiger partial charge in [0.15, 0.2) is 0 Å². The molecule has 21 heavy (non-hydrogen) atoms. The monoisotopic (exact) mass is 290 g/mol. The molecule has 0 bridgehead atoms. The van der Waals surface area contributed by atoms with Crippen LogP contribution in [-0.2, 0) is 17.8 Å². The highest BCUT2D eigenvalue weighted by Crippen LogP contribution is 2.07. The van der Waals surface area contributed by atoms with Crippen LogP contribution in [0.15, 0.2) is 36.7 Å². The summed E-state index contributed by atoms with van der Waals surface area (Å²) in [6.45, 7) is 4.66. The molecule has 6 heteroatoms. The van der Waals surface area contributed by atoms with E-state index in [1.54, 1.807) is 29.2 Å². The molecule has 0 aliphatic heterocycles. The molecule has 1 heterocycles. The number of halogens is 1. The summed E-state index contributed by atoms with van der Waals surface area (Å²) in [4.78, 5) is 12.1. The van der Waals surface area contributed by atoms with Gasteiger partial charge in [0.05, 0.1) is 25.2 Å². The van der Waals surface area contributed by atoms with Crippen molar-refractivity contribution in [3.63, 3.8) is 0 Å². The Morgan fingerprint density at radius 2 is 2.05 bits per heavy atom. The van der Waals surface area contributed by atoms with Gasteiger partial charge < -0.3 is 5.32 Å². The number of benzene rings is 1. The molecule has 1 N–H and O–H groups in total. The maximum absolute atomic E-state index is 12.8. The summed E-state index contributed by atoms with van der Waals surface area (Å²) in [7, 11) is 0. The summed E-state index contributed by atoms with van der Waals surface area (Å²) in [5.74, 6) is -0.114. The first-order valence-corrected chi connectivity index (χ1v) is 6.92. The van der Waals surface area contributed by atoms with Crippen LogP contribution in [-0.4, -0.2) is 26.9 Å².